The van der Waals surface area contributed by atoms with Gasteiger partial charge >= 0.3 is 0 Å². The molecule has 2 aliphatic rings. The lowest BCUT2D eigenvalue weighted by molar-refractivity contribution is -0.123. The normalized spacial score (nSPS) is 20.0. The van der Waals surface area contributed by atoms with E-state index in [4.69, 9.17) is 4.74 Å². The highest BCUT2D eigenvalue weighted by atomic mass is 79.9. The van der Waals surface area contributed by atoms with E-state index in [1.807, 2.05) is 24.0 Å². The van der Waals surface area contributed by atoms with Crippen LogP contribution in [-0.2, 0) is 21.2 Å². The minimum atomic E-state index is -3.59. The fourth-order valence-corrected chi connectivity index (χ4v) is 6.60. The molecule has 2 aromatic rings. The zero-order valence-electron chi connectivity index (χ0n) is 18.0. The molecular formula is C23H27BrN2O4S. The Kier molecular flexibility index (Phi) is 6.16. The van der Waals surface area contributed by atoms with Crippen LogP contribution >= 0.6 is 15.9 Å². The van der Waals surface area contributed by atoms with Crippen molar-refractivity contribution in [2.75, 3.05) is 25.1 Å². The number of amides is 1. The first-order chi connectivity index (χ1) is 14.7. The van der Waals surface area contributed by atoms with Crippen LogP contribution in [0, 0.1) is 12.8 Å². The van der Waals surface area contributed by atoms with Crippen LogP contribution in [0.5, 0.6) is 5.75 Å². The maximum atomic E-state index is 13.3. The molecule has 8 heteroatoms. The maximum Gasteiger partial charge on any atom is 0.243 e. The molecule has 1 fully saturated rings. The molecule has 0 aromatic heterocycles. The van der Waals surface area contributed by atoms with Gasteiger partial charge in [0.2, 0.25) is 15.9 Å². The van der Waals surface area contributed by atoms with Gasteiger partial charge in [-0.05, 0) is 80.6 Å². The summed E-state index contributed by atoms with van der Waals surface area (Å²) in [6, 6.07) is 11.1. The van der Waals surface area contributed by atoms with Gasteiger partial charge in [0.05, 0.1) is 12.0 Å². The van der Waals surface area contributed by atoms with Crippen molar-refractivity contribution in [2.45, 2.75) is 44.0 Å². The third kappa shape index (κ3) is 4.13. The Morgan fingerprint density at radius 3 is 2.48 bits per heavy atom. The van der Waals surface area contributed by atoms with Gasteiger partial charge in [-0.2, -0.15) is 4.31 Å². The highest BCUT2D eigenvalue weighted by molar-refractivity contribution is 9.10. The van der Waals surface area contributed by atoms with Crippen molar-refractivity contribution in [3.63, 3.8) is 0 Å². The molecule has 0 spiro atoms. The molecule has 0 bridgehead atoms. The molecule has 2 heterocycles. The van der Waals surface area contributed by atoms with E-state index >= 15 is 0 Å². The Hall–Kier alpha value is -1.90. The van der Waals surface area contributed by atoms with E-state index in [1.54, 1.807) is 25.3 Å². The van der Waals surface area contributed by atoms with E-state index in [-0.39, 0.29) is 22.8 Å². The van der Waals surface area contributed by atoms with Crippen molar-refractivity contribution in [1.82, 2.24) is 4.31 Å². The number of aryl methyl sites for hydroxylation is 1. The fraction of sp³-hybridized carbons (Fsp3) is 0.435. The number of piperidine rings is 1. The number of sulfonamides is 1. The number of rotatable bonds is 4. The monoisotopic (exact) mass is 506 g/mol. The van der Waals surface area contributed by atoms with Crippen LogP contribution in [0.2, 0.25) is 0 Å². The fourth-order valence-electron chi connectivity index (χ4n) is 4.64. The van der Waals surface area contributed by atoms with Crippen molar-refractivity contribution in [3.05, 3.63) is 52.0 Å². The molecule has 0 unspecified atom stereocenters. The molecule has 1 atom stereocenters. The first kappa shape index (κ1) is 22.3. The van der Waals surface area contributed by atoms with E-state index in [1.165, 1.54) is 9.87 Å². The maximum absolute atomic E-state index is 13.3. The highest BCUT2D eigenvalue weighted by Crippen LogP contribution is 2.37. The summed E-state index contributed by atoms with van der Waals surface area (Å²) in [5, 5.41) is 0. The summed E-state index contributed by atoms with van der Waals surface area (Å²) in [6.45, 7) is 4.59. The molecule has 0 saturated carbocycles. The number of nitrogens with zero attached hydrogens (tertiary/aromatic N) is 2. The van der Waals surface area contributed by atoms with Gasteiger partial charge in [0.15, 0.2) is 0 Å². The Morgan fingerprint density at radius 2 is 1.84 bits per heavy atom. The number of hydrogen-bond donors (Lipinski definition) is 0. The summed E-state index contributed by atoms with van der Waals surface area (Å²) < 4.78 is 34.0. The molecule has 0 aliphatic carbocycles. The van der Waals surface area contributed by atoms with Gasteiger partial charge in [0.1, 0.15) is 5.75 Å². The Morgan fingerprint density at radius 1 is 1.13 bits per heavy atom. The summed E-state index contributed by atoms with van der Waals surface area (Å²) in [6.07, 6.45) is 1.90. The summed E-state index contributed by atoms with van der Waals surface area (Å²) in [7, 11) is -2.03. The molecule has 2 aromatic carbocycles. The lowest BCUT2D eigenvalue weighted by Crippen LogP contribution is -2.46. The third-order valence-electron chi connectivity index (χ3n) is 6.30. The van der Waals surface area contributed by atoms with Crippen molar-refractivity contribution in [2.24, 2.45) is 5.92 Å². The molecule has 166 valence electrons. The van der Waals surface area contributed by atoms with Crippen LogP contribution in [0.3, 0.4) is 0 Å². The number of carbonyl (C=O) groups excluding carboxylic acids is 1. The minimum Gasteiger partial charge on any atom is -0.496 e. The van der Waals surface area contributed by atoms with Gasteiger partial charge < -0.3 is 9.64 Å². The van der Waals surface area contributed by atoms with E-state index in [2.05, 4.69) is 28.9 Å². The molecule has 0 radical (unpaired) electrons. The predicted octanol–water partition coefficient (Wildman–Crippen LogP) is 4.14. The number of fused-ring (bicyclic) bond motifs is 1. The lowest BCUT2D eigenvalue weighted by Gasteiger charge is -2.34. The summed E-state index contributed by atoms with van der Waals surface area (Å²) in [4.78, 5) is 15.5. The van der Waals surface area contributed by atoms with E-state index in [0.29, 0.717) is 31.7 Å². The quantitative estimate of drug-likeness (QED) is 0.624. The molecule has 31 heavy (non-hydrogen) atoms. The van der Waals surface area contributed by atoms with Gasteiger partial charge in [0.25, 0.3) is 0 Å². The first-order valence-corrected chi connectivity index (χ1v) is 12.7. The minimum absolute atomic E-state index is 0.103. The highest BCUT2D eigenvalue weighted by Gasteiger charge is 2.38. The second-order valence-electron chi connectivity index (χ2n) is 8.34. The average molecular weight is 507 g/mol. The lowest BCUT2D eigenvalue weighted by atomic mass is 9.96. The van der Waals surface area contributed by atoms with E-state index < -0.39 is 10.0 Å². The van der Waals surface area contributed by atoms with E-state index in [9.17, 15) is 13.2 Å². The van der Waals surface area contributed by atoms with Crippen molar-refractivity contribution in [1.29, 1.82) is 0 Å². The van der Waals surface area contributed by atoms with Crippen LogP contribution in [-0.4, -0.2) is 44.9 Å². The second-order valence-corrected chi connectivity index (χ2v) is 11.2. The molecular weight excluding hydrogens is 480 g/mol. The van der Waals surface area contributed by atoms with Crippen LogP contribution in [0.25, 0.3) is 0 Å². The predicted molar refractivity (Wildman–Crippen MR) is 124 cm³/mol. The van der Waals surface area contributed by atoms with Crippen molar-refractivity contribution in [3.8, 4) is 5.75 Å². The van der Waals surface area contributed by atoms with Gasteiger partial charge in [-0.3, -0.25) is 4.79 Å². The van der Waals surface area contributed by atoms with Gasteiger partial charge in [-0.15, -0.1) is 0 Å². The van der Waals surface area contributed by atoms with Gasteiger partial charge in [-0.1, -0.05) is 15.9 Å². The number of ether oxygens (including phenoxy) is 1. The SMILES string of the molecule is COc1ccc(S(=O)(=O)N2CCC(C(=O)N3c4ccc(Br)cc4C[C@@H]3C)CC2)cc1C. The van der Waals surface area contributed by atoms with Crippen molar-refractivity contribution >= 4 is 37.5 Å². The first-order valence-electron chi connectivity index (χ1n) is 10.5. The number of anilines is 1. The standard InChI is InChI=1S/C23H27BrN2O4S/c1-15-12-20(5-7-22(15)30-3)31(28,29)25-10-8-17(9-11-25)23(27)26-16(2)13-18-14-19(24)4-6-21(18)26/h4-7,12,14,16-17H,8-11,13H2,1-3H3/t16-/m0/s1. The largest absolute Gasteiger partial charge is 0.496 e. The van der Waals surface area contributed by atoms with Crippen LogP contribution in [0.4, 0.5) is 5.69 Å². The Labute approximate surface area is 192 Å². The number of benzene rings is 2. The average Bonchev–Trinajstić information content (AvgIpc) is 3.07. The molecule has 0 N–H and O–H groups in total. The zero-order valence-corrected chi connectivity index (χ0v) is 20.4. The smallest absolute Gasteiger partial charge is 0.243 e. The summed E-state index contributed by atoms with van der Waals surface area (Å²) in [5.41, 5.74) is 2.93. The summed E-state index contributed by atoms with van der Waals surface area (Å²) >= 11 is 3.50. The van der Waals surface area contributed by atoms with Gasteiger partial charge in [0, 0.05) is 35.2 Å². The van der Waals surface area contributed by atoms with Crippen LogP contribution in [0.1, 0.15) is 30.9 Å². The molecule has 2 aliphatic heterocycles. The van der Waals surface area contributed by atoms with Gasteiger partial charge in [-0.25, -0.2) is 8.42 Å². The number of methoxy groups -OCH3 is 1. The van der Waals surface area contributed by atoms with Crippen LogP contribution < -0.4 is 9.64 Å². The molecule has 6 nitrogen and oxygen atoms in total. The summed E-state index contributed by atoms with van der Waals surface area (Å²) in [5.74, 6) is 0.599. The number of carbonyl (C=O) groups is 1. The molecule has 1 amide bonds. The van der Waals surface area contributed by atoms with E-state index in [0.717, 1.165) is 22.1 Å². The molecule has 4 rings (SSSR count). The third-order valence-corrected chi connectivity index (χ3v) is 8.69. The second kappa shape index (κ2) is 8.56. The zero-order chi connectivity index (χ0) is 22.3. The van der Waals surface area contributed by atoms with Crippen LogP contribution in [0.15, 0.2) is 45.8 Å². The topological polar surface area (TPSA) is 66.9 Å². The number of halogens is 1. The number of hydrogen-bond acceptors (Lipinski definition) is 4. The Bertz CT molecular complexity index is 1110. The Balaban J connectivity index is 1.46. The van der Waals surface area contributed by atoms with Crippen molar-refractivity contribution < 1.29 is 17.9 Å². The molecule has 1 saturated heterocycles.